The number of esters is 2. The Balaban J connectivity index is 4.24. The summed E-state index contributed by atoms with van der Waals surface area (Å²) in [6.07, 6.45) is 44.0. The van der Waals surface area contributed by atoms with Crippen LogP contribution < -0.4 is 0 Å². The minimum atomic E-state index is -4.62. The molecule has 0 saturated carbocycles. The van der Waals surface area contributed by atoms with Crippen LogP contribution in [0, 0.1) is 0 Å². The molecule has 10 nitrogen and oxygen atoms in total. The van der Waals surface area contributed by atoms with Crippen molar-refractivity contribution in [2.75, 3.05) is 26.4 Å². The second kappa shape index (κ2) is 42.3. The molecule has 0 saturated heterocycles. The summed E-state index contributed by atoms with van der Waals surface area (Å²) in [6.45, 7) is 2.27. The first-order valence-electron chi connectivity index (χ1n) is 22.9. The first-order chi connectivity index (χ1) is 27.7. The van der Waals surface area contributed by atoms with Crippen LogP contribution in [0.5, 0.6) is 0 Å². The van der Waals surface area contributed by atoms with Crippen LogP contribution in [0.1, 0.15) is 206 Å². The number of rotatable bonds is 43. The maximum absolute atomic E-state index is 12.6. The van der Waals surface area contributed by atoms with Gasteiger partial charge in [-0.15, -0.1) is 0 Å². The molecule has 0 spiro atoms. The number of aliphatic hydroxyl groups excluding tert-OH is 2. The molecule has 0 amide bonds. The zero-order valence-corrected chi connectivity index (χ0v) is 37.2. The molecule has 0 fully saturated rings. The van der Waals surface area contributed by atoms with E-state index in [0.717, 1.165) is 70.6 Å². The highest BCUT2D eigenvalue weighted by Gasteiger charge is 2.27. The Hall–Kier alpha value is -1.81. The lowest BCUT2D eigenvalue weighted by molar-refractivity contribution is -0.161. The third kappa shape index (κ3) is 42.1. The molecule has 0 aliphatic heterocycles. The third-order valence-electron chi connectivity index (χ3n) is 9.81. The third-order valence-corrected chi connectivity index (χ3v) is 10.8. The number of phosphoric acid groups is 1. The molecule has 3 N–H and O–H groups in total. The van der Waals surface area contributed by atoms with Crippen LogP contribution in [0.25, 0.3) is 0 Å². The van der Waals surface area contributed by atoms with Crippen LogP contribution in [0.4, 0.5) is 0 Å². The van der Waals surface area contributed by atoms with E-state index >= 15 is 0 Å². The van der Waals surface area contributed by atoms with Gasteiger partial charge in [0.05, 0.1) is 19.8 Å². The van der Waals surface area contributed by atoms with Gasteiger partial charge in [-0.05, 0) is 44.9 Å². The average Bonchev–Trinajstić information content (AvgIpc) is 3.20. The fourth-order valence-corrected chi connectivity index (χ4v) is 7.09. The number of hydrogen-bond acceptors (Lipinski definition) is 9. The second-order valence-corrected chi connectivity index (χ2v) is 16.9. The number of aliphatic hydroxyl groups is 2. The molecule has 0 radical (unpaired) electrons. The van der Waals surface area contributed by atoms with Gasteiger partial charge in [-0.1, -0.05) is 185 Å². The minimum absolute atomic E-state index is 0.184. The zero-order chi connectivity index (χ0) is 41.9. The van der Waals surface area contributed by atoms with E-state index < -0.39 is 51.8 Å². The van der Waals surface area contributed by atoms with Crippen molar-refractivity contribution in [3.63, 3.8) is 0 Å². The number of allylic oxidation sites excluding steroid dienone is 6. The average molecular weight is 829 g/mol. The van der Waals surface area contributed by atoms with E-state index in [4.69, 9.17) is 23.6 Å². The van der Waals surface area contributed by atoms with Crippen molar-refractivity contribution in [3.8, 4) is 0 Å². The Labute approximate surface area is 348 Å². The van der Waals surface area contributed by atoms with E-state index in [1.165, 1.54) is 96.3 Å². The standard InChI is InChI=1S/C46H85O10P/c1-3-5-7-9-11-13-15-17-19-20-21-22-24-26-28-30-32-34-36-38-46(50)56-44(42-55-57(51,52)54-40-43(48)39-47)41-53-45(49)37-35-33-31-29-27-25-23-18-16-14-12-10-8-6-4-2/h6,8,12,14,18,23,43-44,47-48H,3-5,7,9-11,13,15-17,19-22,24-42H2,1-2H3,(H,51,52)/b8-6-,14-12-,23-18-/t43-,44+/m0/s1. The van der Waals surface area contributed by atoms with Gasteiger partial charge >= 0.3 is 19.8 Å². The largest absolute Gasteiger partial charge is 0.472 e. The lowest BCUT2D eigenvalue weighted by Gasteiger charge is -2.20. The van der Waals surface area contributed by atoms with Crippen molar-refractivity contribution in [2.45, 2.75) is 219 Å². The van der Waals surface area contributed by atoms with Gasteiger partial charge in [0.25, 0.3) is 0 Å². The molecule has 1 unspecified atom stereocenters. The fourth-order valence-electron chi connectivity index (χ4n) is 6.30. The lowest BCUT2D eigenvalue weighted by Crippen LogP contribution is -2.29. The highest BCUT2D eigenvalue weighted by Crippen LogP contribution is 2.43. The topological polar surface area (TPSA) is 149 Å². The summed E-state index contributed by atoms with van der Waals surface area (Å²) in [6, 6.07) is 0. The van der Waals surface area contributed by atoms with Crippen LogP contribution in [0.3, 0.4) is 0 Å². The van der Waals surface area contributed by atoms with Gasteiger partial charge in [0, 0.05) is 12.8 Å². The molecule has 57 heavy (non-hydrogen) atoms. The lowest BCUT2D eigenvalue weighted by atomic mass is 10.0. The number of phosphoric ester groups is 1. The zero-order valence-electron chi connectivity index (χ0n) is 36.3. The number of carbonyl (C=O) groups excluding carboxylic acids is 2. The highest BCUT2D eigenvalue weighted by molar-refractivity contribution is 7.47. The highest BCUT2D eigenvalue weighted by atomic mass is 31.2. The van der Waals surface area contributed by atoms with E-state index in [1.807, 2.05) is 0 Å². The van der Waals surface area contributed by atoms with Crippen molar-refractivity contribution in [1.82, 2.24) is 0 Å². The number of ether oxygens (including phenoxy) is 2. The summed E-state index contributed by atoms with van der Waals surface area (Å²) in [5.74, 6) is -0.937. The van der Waals surface area contributed by atoms with Gasteiger partial charge in [0.2, 0.25) is 0 Å². The molecule has 0 aromatic rings. The molecule has 0 aromatic carbocycles. The second-order valence-electron chi connectivity index (χ2n) is 15.4. The van der Waals surface area contributed by atoms with Crippen LogP contribution >= 0.6 is 7.82 Å². The monoisotopic (exact) mass is 829 g/mol. The molecule has 11 heteroatoms. The van der Waals surface area contributed by atoms with Crippen molar-refractivity contribution >= 4 is 19.8 Å². The summed E-state index contributed by atoms with van der Waals surface area (Å²) in [5, 5.41) is 18.3. The molecule has 334 valence electrons. The van der Waals surface area contributed by atoms with Gasteiger partial charge in [-0.2, -0.15) is 0 Å². The summed E-state index contributed by atoms with van der Waals surface area (Å²) in [4.78, 5) is 35.0. The molecule has 0 aliphatic carbocycles. The van der Waals surface area contributed by atoms with Crippen LogP contribution in [-0.4, -0.2) is 65.7 Å². The molecular formula is C46H85O10P. The maximum atomic E-state index is 12.6. The number of carbonyl (C=O) groups is 2. The fraction of sp³-hybridized carbons (Fsp3) is 0.826. The van der Waals surface area contributed by atoms with E-state index in [9.17, 15) is 24.2 Å². The first kappa shape index (κ1) is 55.2. The van der Waals surface area contributed by atoms with Gasteiger partial charge < -0.3 is 24.6 Å². The maximum Gasteiger partial charge on any atom is 0.472 e. The SMILES string of the molecule is CC/C=C\C/C=C\C/C=C\CCCCCCCC(=O)OC[C@H](COP(=O)(O)OC[C@@H](O)CO)OC(=O)CCCCCCCCCCCCCCCCCCCCC. The normalized spacial score (nSPS) is 14.1. The Morgan fingerprint density at radius 3 is 1.46 bits per heavy atom. The predicted octanol–water partition coefficient (Wildman–Crippen LogP) is 12.3. The summed E-state index contributed by atoms with van der Waals surface area (Å²) >= 11 is 0. The quantitative estimate of drug-likeness (QED) is 0.0235. The molecular weight excluding hydrogens is 743 g/mol. The predicted molar refractivity (Wildman–Crippen MR) is 233 cm³/mol. The Morgan fingerprint density at radius 2 is 0.965 bits per heavy atom. The Morgan fingerprint density at radius 1 is 0.544 bits per heavy atom. The molecule has 0 bridgehead atoms. The van der Waals surface area contributed by atoms with Gasteiger partial charge in [-0.25, -0.2) is 4.57 Å². The van der Waals surface area contributed by atoms with E-state index in [2.05, 4.69) is 50.3 Å². The van der Waals surface area contributed by atoms with Crippen molar-refractivity contribution < 1.29 is 47.8 Å². The summed E-state index contributed by atoms with van der Waals surface area (Å²) < 4.78 is 32.8. The Kier molecular flexibility index (Phi) is 41.0. The van der Waals surface area contributed by atoms with Gasteiger partial charge in [0.15, 0.2) is 6.10 Å². The van der Waals surface area contributed by atoms with Crippen molar-refractivity contribution in [1.29, 1.82) is 0 Å². The summed E-state index contributed by atoms with van der Waals surface area (Å²) in [7, 11) is -4.62. The number of unbranched alkanes of at least 4 members (excludes halogenated alkanes) is 23. The number of hydrogen-bond donors (Lipinski definition) is 3. The summed E-state index contributed by atoms with van der Waals surface area (Å²) in [5.41, 5.74) is 0. The minimum Gasteiger partial charge on any atom is -0.462 e. The van der Waals surface area contributed by atoms with Gasteiger partial charge in [0.1, 0.15) is 12.7 Å². The van der Waals surface area contributed by atoms with Crippen molar-refractivity contribution in [2.24, 2.45) is 0 Å². The van der Waals surface area contributed by atoms with Crippen LogP contribution in [-0.2, 0) is 32.7 Å². The Bertz CT molecular complexity index is 1050. The molecule has 0 aliphatic rings. The van der Waals surface area contributed by atoms with E-state index in [-0.39, 0.29) is 19.4 Å². The molecule has 3 atom stereocenters. The smallest absolute Gasteiger partial charge is 0.462 e. The van der Waals surface area contributed by atoms with Crippen molar-refractivity contribution in [3.05, 3.63) is 36.5 Å². The van der Waals surface area contributed by atoms with Crippen LogP contribution in [0.2, 0.25) is 0 Å². The molecule has 0 heterocycles. The van der Waals surface area contributed by atoms with Crippen LogP contribution in [0.15, 0.2) is 36.5 Å². The first-order valence-corrected chi connectivity index (χ1v) is 24.4. The van der Waals surface area contributed by atoms with E-state index in [0.29, 0.717) is 12.8 Å². The molecule has 0 rings (SSSR count). The van der Waals surface area contributed by atoms with Gasteiger partial charge in [-0.3, -0.25) is 18.6 Å². The van der Waals surface area contributed by atoms with E-state index in [1.54, 1.807) is 0 Å². The molecule has 0 aromatic heterocycles.